The molecule has 0 aliphatic carbocycles. The molecule has 5 heteroatoms. The maximum Gasteiger partial charge on any atom is 0.164 e. The highest BCUT2D eigenvalue weighted by molar-refractivity contribution is 5.48. The summed E-state index contributed by atoms with van der Waals surface area (Å²) in [5.41, 5.74) is 1.31. The number of piperidine rings is 1. The molecule has 134 valence electrons. The van der Waals surface area contributed by atoms with E-state index in [-0.39, 0.29) is 0 Å². The summed E-state index contributed by atoms with van der Waals surface area (Å²) in [5.74, 6) is 2.39. The van der Waals surface area contributed by atoms with Crippen LogP contribution in [0, 0.1) is 0 Å². The van der Waals surface area contributed by atoms with Crippen molar-refractivity contribution in [3.05, 3.63) is 23.8 Å². The average Bonchev–Trinajstić information content (AvgIpc) is 2.64. The van der Waals surface area contributed by atoms with Crippen molar-refractivity contribution < 1.29 is 9.47 Å². The summed E-state index contributed by atoms with van der Waals surface area (Å²) in [4.78, 5) is 4.87. The van der Waals surface area contributed by atoms with Crippen LogP contribution in [0.5, 0.6) is 11.5 Å². The summed E-state index contributed by atoms with van der Waals surface area (Å²) >= 11 is 0. The minimum absolute atomic E-state index is 0.569. The number of hydrogen-bond donors (Lipinski definition) is 1. The van der Waals surface area contributed by atoms with Gasteiger partial charge in [-0.15, -0.1) is 0 Å². The first-order valence-electron chi connectivity index (χ1n) is 9.19. The first-order chi connectivity index (χ1) is 11.8. The quantitative estimate of drug-likeness (QED) is 0.859. The fourth-order valence-electron chi connectivity index (χ4n) is 3.65. The normalized spacial score (nSPS) is 20.9. The number of para-hydroxylation sites is 1. The van der Waals surface area contributed by atoms with Gasteiger partial charge in [0.15, 0.2) is 11.5 Å². The molecular weight excluding hydrogens is 302 g/mol. The number of nitrogens with one attached hydrogen (secondary N) is 1. The van der Waals surface area contributed by atoms with Crippen LogP contribution in [0.2, 0.25) is 0 Å². The molecule has 2 fully saturated rings. The molecule has 24 heavy (non-hydrogen) atoms. The Balaban J connectivity index is 1.62. The third kappa shape index (κ3) is 4.41. The van der Waals surface area contributed by atoms with Gasteiger partial charge in [-0.25, -0.2) is 0 Å². The molecule has 0 amide bonds. The number of methoxy groups -OCH3 is 1. The van der Waals surface area contributed by atoms with Crippen LogP contribution in [0.15, 0.2) is 18.2 Å². The van der Waals surface area contributed by atoms with Gasteiger partial charge in [-0.05, 0) is 45.0 Å². The van der Waals surface area contributed by atoms with Gasteiger partial charge in [0.2, 0.25) is 0 Å². The van der Waals surface area contributed by atoms with E-state index in [1.165, 1.54) is 18.4 Å². The highest BCUT2D eigenvalue weighted by Crippen LogP contribution is 2.38. The molecule has 2 heterocycles. The zero-order valence-corrected chi connectivity index (χ0v) is 15.1. The van der Waals surface area contributed by atoms with E-state index in [1.807, 2.05) is 6.07 Å². The van der Waals surface area contributed by atoms with E-state index in [2.05, 4.69) is 34.3 Å². The van der Waals surface area contributed by atoms with E-state index < -0.39 is 0 Å². The van der Waals surface area contributed by atoms with Crippen molar-refractivity contribution in [2.75, 3.05) is 66.6 Å². The third-order valence-corrected chi connectivity index (χ3v) is 5.26. The maximum absolute atomic E-state index is 6.24. The minimum Gasteiger partial charge on any atom is -0.493 e. The van der Waals surface area contributed by atoms with Crippen molar-refractivity contribution in [2.45, 2.75) is 18.8 Å². The lowest BCUT2D eigenvalue weighted by Crippen LogP contribution is -2.45. The second-order valence-electron chi connectivity index (χ2n) is 6.90. The SMILES string of the molecule is COc1cccc(C2CCNCC2)c1OCCN1CCN(C)CC1. The van der Waals surface area contributed by atoms with Gasteiger partial charge in [0.25, 0.3) is 0 Å². The van der Waals surface area contributed by atoms with Crippen molar-refractivity contribution in [1.29, 1.82) is 0 Å². The summed E-state index contributed by atoms with van der Waals surface area (Å²) < 4.78 is 11.8. The van der Waals surface area contributed by atoms with Gasteiger partial charge in [-0.2, -0.15) is 0 Å². The molecule has 2 aliphatic rings. The second-order valence-corrected chi connectivity index (χ2v) is 6.90. The van der Waals surface area contributed by atoms with Crippen molar-refractivity contribution in [3.8, 4) is 11.5 Å². The number of benzene rings is 1. The predicted octanol–water partition coefficient (Wildman–Crippen LogP) is 1.79. The Hall–Kier alpha value is -1.30. The molecule has 1 N–H and O–H groups in total. The molecule has 2 saturated heterocycles. The Labute approximate surface area is 145 Å². The molecule has 0 aromatic heterocycles. The summed E-state index contributed by atoms with van der Waals surface area (Å²) in [6.45, 7) is 8.44. The van der Waals surface area contributed by atoms with E-state index in [4.69, 9.17) is 9.47 Å². The largest absolute Gasteiger partial charge is 0.493 e. The van der Waals surface area contributed by atoms with E-state index in [0.717, 1.165) is 63.9 Å². The van der Waals surface area contributed by atoms with Gasteiger partial charge in [0.05, 0.1) is 7.11 Å². The fraction of sp³-hybridized carbons (Fsp3) is 0.684. The van der Waals surface area contributed by atoms with Gasteiger partial charge < -0.3 is 19.7 Å². The lowest BCUT2D eigenvalue weighted by molar-refractivity contribution is 0.132. The summed E-state index contributed by atoms with van der Waals surface area (Å²) in [7, 11) is 3.92. The molecule has 0 atom stereocenters. The van der Waals surface area contributed by atoms with Crippen LogP contribution in [0.4, 0.5) is 0 Å². The van der Waals surface area contributed by atoms with Gasteiger partial charge in [0.1, 0.15) is 6.61 Å². The molecule has 5 nitrogen and oxygen atoms in total. The molecular formula is C19H31N3O2. The van der Waals surface area contributed by atoms with Crippen molar-refractivity contribution in [1.82, 2.24) is 15.1 Å². The summed E-state index contributed by atoms with van der Waals surface area (Å²) in [6.07, 6.45) is 2.34. The Morgan fingerprint density at radius 1 is 1.12 bits per heavy atom. The number of rotatable bonds is 6. The van der Waals surface area contributed by atoms with Gasteiger partial charge in [-0.3, -0.25) is 4.90 Å². The molecule has 1 aromatic carbocycles. The van der Waals surface area contributed by atoms with E-state index in [0.29, 0.717) is 5.92 Å². The van der Waals surface area contributed by atoms with Crippen LogP contribution in [0.25, 0.3) is 0 Å². The van der Waals surface area contributed by atoms with Crippen LogP contribution >= 0.6 is 0 Å². The van der Waals surface area contributed by atoms with E-state index in [1.54, 1.807) is 7.11 Å². The average molecular weight is 333 g/mol. The molecule has 0 unspecified atom stereocenters. The first-order valence-corrected chi connectivity index (χ1v) is 9.19. The van der Waals surface area contributed by atoms with Crippen LogP contribution in [-0.2, 0) is 0 Å². The van der Waals surface area contributed by atoms with Crippen molar-refractivity contribution >= 4 is 0 Å². The third-order valence-electron chi connectivity index (χ3n) is 5.26. The zero-order valence-electron chi connectivity index (χ0n) is 15.1. The Morgan fingerprint density at radius 3 is 2.58 bits per heavy atom. The maximum atomic E-state index is 6.24. The number of piperazine rings is 1. The second kappa shape index (κ2) is 8.70. The van der Waals surface area contributed by atoms with Crippen LogP contribution in [0.1, 0.15) is 24.3 Å². The van der Waals surface area contributed by atoms with Gasteiger partial charge >= 0.3 is 0 Å². The van der Waals surface area contributed by atoms with Crippen molar-refractivity contribution in [2.24, 2.45) is 0 Å². The summed E-state index contributed by atoms with van der Waals surface area (Å²) in [5, 5.41) is 3.44. The number of likely N-dealkylation sites (N-methyl/N-ethyl adjacent to an activating group) is 1. The topological polar surface area (TPSA) is 37.0 Å². The first kappa shape index (κ1) is 17.5. The lowest BCUT2D eigenvalue weighted by atomic mass is 9.89. The van der Waals surface area contributed by atoms with E-state index in [9.17, 15) is 0 Å². The smallest absolute Gasteiger partial charge is 0.164 e. The molecule has 0 saturated carbocycles. The lowest BCUT2D eigenvalue weighted by Gasteiger charge is -2.32. The molecule has 2 aliphatic heterocycles. The number of hydrogen-bond acceptors (Lipinski definition) is 5. The number of nitrogens with zero attached hydrogens (tertiary/aromatic N) is 2. The van der Waals surface area contributed by atoms with E-state index >= 15 is 0 Å². The molecule has 0 bridgehead atoms. The summed E-state index contributed by atoms with van der Waals surface area (Å²) in [6, 6.07) is 6.31. The molecule has 3 rings (SSSR count). The zero-order chi connectivity index (χ0) is 16.8. The van der Waals surface area contributed by atoms with Crippen LogP contribution in [0.3, 0.4) is 0 Å². The van der Waals surface area contributed by atoms with Gasteiger partial charge in [-0.1, -0.05) is 12.1 Å². The monoisotopic (exact) mass is 333 g/mol. The number of ether oxygens (including phenoxy) is 2. The van der Waals surface area contributed by atoms with Crippen LogP contribution in [-0.4, -0.2) is 76.4 Å². The van der Waals surface area contributed by atoms with Crippen molar-refractivity contribution in [3.63, 3.8) is 0 Å². The standard InChI is InChI=1S/C19H31N3O2/c1-21-10-12-22(13-11-21)14-15-24-19-17(4-3-5-18(19)23-2)16-6-8-20-9-7-16/h3-5,16,20H,6-15H2,1-2H3. The molecule has 1 aromatic rings. The molecule has 0 radical (unpaired) electrons. The van der Waals surface area contributed by atoms with Gasteiger partial charge in [0, 0.05) is 38.3 Å². The Bertz CT molecular complexity index is 509. The Kier molecular flexibility index (Phi) is 6.35. The highest BCUT2D eigenvalue weighted by atomic mass is 16.5. The predicted molar refractivity (Wildman–Crippen MR) is 97.3 cm³/mol. The minimum atomic E-state index is 0.569. The molecule has 0 spiro atoms. The Morgan fingerprint density at radius 2 is 1.88 bits per heavy atom. The highest BCUT2D eigenvalue weighted by Gasteiger charge is 2.22. The van der Waals surface area contributed by atoms with Crippen LogP contribution < -0.4 is 14.8 Å². The fourth-order valence-corrected chi connectivity index (χ4v) is 3.65.